The Hall–Kier alpha value is -0.780. The number of benzene rings is 1. The van der Waals surface area contributed by atoms with Crippen LogP contribution in [-0.4, -0.2) is 24.6 Å². The summed E-state index contributed by atoms with van der Waals surface area (Å²) in [7, 11) is 0. The van der Waals surface area contributed by atoms with Crippen LogP contribution in [0.2, 0.25) is 0 Å². The van der Waals surface area contributed by atoms with Crippen molar-refractivity contribution in [1.29, 1.82) is 0 Å². The number of hydrogen-bond donors (Lipinski definition) is 2. The molecule has 0 amide bonds. The lowest BCUT2D eigenvalue weighted by atomic mass is 9.78. The molecule has 1 atom stereocenters. The number of hydrogen-bond acceptors (Lipinski definition) is 1. The van der Waals surface area contributed by atoms with Crippen molar-refractivity contribution in [3.8, 4) is 0 Å². The topological polar surface area (TPSA) is 36.4 Å². The van der Waals surface area contributed by atoms with Crippen LogP contribution in [0.15, 0.2) is 29.3 Å². The molecule has 0 fully saturated rings. The molecule has 0 saturated heterocycles. The van der Waals surface area contributed by atoms with Gasteiger partial charge in [-0.25, -0.2) is 0 Å². The molecule has 0 aromatic heterocycles. The van der Waals surface area contributed by atoms with Crippen molar-refractivity contribution >= 4 is 29.9 Å². The van der Waals surface area contributed by atoms with Crippen molar-refractivity contribution in [2.75, 3.05) is 13.1 Å². The third kappa shape index (κ3) is 4.65. The van der Waals surface area contributed by atoms with Gasteiger partial charge in [-0.05, 0) is 45.2 Å². The van der Waals surface area contributed by atoms with Gasteiger partial charge >= 0.3 is 0 Å². The van der Waals surface area contributed by atoms with Crippen molar-refractivity contribution in [2.24, 2.45) is 4.99 Å². The van der Waals surface area contributed by atoms with Crippen LogP contribution in [0.3, 0.4) is 0 Å². The first-order valence-corrected chi connectivity index (χ1v) is 7.14. The molecule has 3 nitrogen and oxygen atoms in total. The maximum Gasteiger partial charge on any atom is 0.191 e. The second-order valence-electron chi connectivity index (χ2n) is 6.19. The molecule has 112 valence electrons. The summed E-state index contributed by atoms with van der Waals surface area (Å²) < 4.78 is 0. The molecule has 1 aliphatic carbocycles. The largest absolute Gasteiger partial charge is 0.357 e. The van der Waals surface area contributed by atoms with Gasteiger partial charge in [0, 0.05) is 24.5 Å². The fourth-order valence-corrected chi connectivity index (χ4v) is 2.39. The van der Waals surface area contributed by atoms with E-state index in [9.17, 15) is 0 Å². The molecule has 1 aliphatic rings. The number of aliphatic imine (C=N–C) groups is 1. The summed E-state index contributed by atoms with van der Waals surface area (Å²) in [6.45, 7) is 10.3. The highest BCUT2D eigenvalue weighted by atomic mass is 127. The van der Waals surface area contributed by atoms with Gasteiger partial charge in [0.25, 0.3) is 0 Å². The van der Waals surface area contributed by atoms with Crippen molar-refractivity contribution in [1.82, 2.24) is 10.6 Å². The highest BCUT2D eigenvalue weighted by molar-refractivity contribution is 14.0. The lowest BCUT2D eigenvalue weighted by Crippen LogP contribution is -2.47. The van der Waals surface area contributed by atoms with Gasteiger partial charge in [0.15, 0.2) is 5.96 Å². The van der Waals surface area contributed by atoms with E-state index in [-0.39, 0.29) is 29.5 Å². The summed E-state index contributed by atoms with van der Waals surface area (Å²) >= 11 is 0. The number of nitrogens with one attached hydrogen (secondary N) is 2. The summed E-state index contributed by atoms with van der Waals surface area (Å²) in [6, 6.07) is 8.67. The second-order valence-corrected chi connectivity index (χ2v) is 6.19. The number of fused-ring (bicyclic) bond motifs is 1. The normalized spacial score (nSPS) is 17.6. The molecule has 2 rings (SSSR count). The van der Waals surface area contributed by atoms with Crippen LogP contribution < -0.4 is 10.6 Å². The molecule has 20 heavy (non-hydrogen) atoms. The van der Waals surface area contributed by atoms with E-state index >= 15 is 0 Å². The molecule has 0 heterocycles. The van der Waals surface area contributed by atoms with Crippen molar-refractivity contribution in [2.45, 2.75) is 45.6 Å². The highest BCUT2D eigenvalue weighted by Gasteiger charge is 2.25. The number of guanidine groups is 1. The Balaban J connectivity index is 0.00000200. The van der Waals surface area contributed by atoms with Crippen LogP contribution in [0.5, 0.6) is 0 Å². The molecule has 0 spiro atoms. The summed E-state index contributed by atoms with van der Waals surface area (Å²) in [6.07, 6.45) is 1.16. The van der Waals surface area contributed by atoms with Crippen LogP contribution in [0, 0.1) is 0 Å². The van der Waals surface area contributed by atoms with Crippen molar-refractivity contribution in [3.63, 3.8) is 0 Å². The van der Waals surface area contributed by atoms with E-state index in [1.165, 1.54) is 11.1 Å². The van der Waals surface area contributed by atoms with Crippen molar-refractivity contribution < 1.29 is 0 Å². The molecule has 1 aromatic rings. The van der Waals surface area contributed by atoms with E-state index in [4.69, 9.17) is 4.99 Å². The number of halogens is 1. The zero-order valence-electron chi connectivity index (χ0n) is 12.9. The Morgan fingerprint density at radius 2 is 2.00 bits per heavy atom. The average Bonchev–Trinajstić information content (AvgIpc) is 2.28. The van der Waals surface area contributed by atoms with Crippen LogP contribution in [0.1, 0.15) is 44.7 Å². The van der Waals surface area contributed by atoms with Gasteiger partial charge in [-0.15, -0.1) is 24.0 Å². The van der Waals surface area contributed by atoms with Gasteiger partial charge in [-0.1, -0.05) is 24.3 Å². The predicted molar refractivity (Wildman–Crippen MR) is 97.2 cm³/mol. The van der Waals surface area contributed by atoms with E-state index in [1.807, 2.05) is 0 Å². The fraction of sp³-hybridized carbons (Fsp3) is 0.562. The van der Waals surface area contributed by atoms with E-state index in [1.54, 1.807) is 0 Å². The monoisotopic (exact) mass is 387 g/mol. The number of nitrogens with zero attached hydrogens (tertiary/aromatic N) is 1. The first-order chi connectivity index (χ1) is 8.99. The third-order valence-electron chi connectivity index (χ3n) is 3.27. The third-order valence-corrected chi connectivity index (χ3v) is 3.27. The minimum atomic E-state index is 0. The molecular weight excluding hydrogens is 361 g/mol. The summed E-state index contributed by atoms with van der Waals surface area (Å²) in [5.74, 6) is 1.51. The Labute approximate surface area is 139 Å². The minimum absolute atomic E-state index is 0. The predicted octanol–water partition coefficient (Wildman–Crippen LogP) is 3.30. The molecule has 2 N–H and O–H groups in total. The zero-order valence-corrected chi connectivity index (χ0v) is 15.2. The number of rotatable bonds is 3. The van der Waals surface area contributed by atoms with E-state index < -0.39 is 0 Å². The van der Waals surface area contributed by atoms with E-state index in [0.717, 1.165) is 25.5 Å². The zero-order chi connectivity index (χ0) is 13.9. The fourth-order valence-electron chi connectivity index (χ4n) is 2.39. The molecular formula is C16H26IN3. The SMILES string of the molecule is CCNC(=NCC1Cc2ccccc21)NC(C)(C)C.I. The second kappa shape index (κ2) is 7.29. The van der Waals surface area contributed by atoms with Crippen LogP contribution in [-0.2, 0) is 6.42 Å². The quantitative estimate of drug-likeness (QED) is 0.475. The molecule has 4 heteroatoms. The molecule has 0 bridgehead atoms. The highest BCUT2D eigenvalue weighted by Crippen LogP contribution is 2.34. The van der Waals surface area contributed by atoms with E-state index in [2.05, 4.69) is 62.6 Å². The molecule has 0 aliphatic heterocycles. The maximum atomic E-state index is 4.71. The average molecular weight is 387 g/mol. The summed E-state index contributed by atoms with van der Waals surface area (Å²) in [4.78, 5) is 4.71. The lowest BCUT2D eigenvalue weighted by Gasteiger charge is -2.29. The van der Waals surface area contributed by atoms with Gasteiger partial charge in [0.05, 0.1) is 0 Å². The Bertz CT molecular complexity index is 463. The smallest absolute Gasteiger partial charge is 0.191 e. The molecule has 1 aromatic carbocycles. The van der Waals surface area contributed by atoms with Gasteiger partial charge in [-0.2, -0.15) is 0 Å². The Morgan fingerprint density at radius 3 is 2.60 bits per heavy atom. The van der Waals surface area contributed by atoms with Crippen molar-refractivity contribution in [3.05, 3.63) is 35.4 Å². The summed E-state index contributed by atoms with van der Waals surface area (Å²) in [5, 5.41) is 6.73. The standard InChI is InChI=1S/C16H25N3.HI/c1-5-17-15(19-16(2,3)4)18-11-13-10-12-8-6-7-9-14(12)13;/h6-9,13H,5,10-11H2,1-4H3,(H2,17,18,19);1H. The first-order valence-electron chi connectivity index (χ1n) is 7.14. The van der Waals surface area contributed by atoms with Crippen LogP contribution >= 0.6 is 24.0 Å². The van der Waals surface area contributed by atoms with Gasteiger partial charge < -0.3 is 10.6 Å². The Kier molecular flexibility index (Phi) is 6.30. The molecule has 0 saturated carbocycles. The summed E-state index contributed by atoms with van der Waals surface area (Å²) in [5.41, 5.74) is 2.99. The van der Waals surface area contributed by atoms with Gasteiger partial charge in [-0.3, -0.25) is 4.99 Å². The maximum absolute atomic E-state index is 4.71. The minimum Gasteiger partial charge on any atom is -0.357 e. The van der Waals surface area contributed by atoms with Gasteiger partial charge in [0.2, 0.25) is 0 Å². The van der Waals surface area contributed by atoms with E-state index in [0.29, 0.717) is 5.92 Å². The molecule has 0 radical (unpaired) electrons. The van der Waals surface area contributed by atoms with Crippen LogP contribution in [0.4, 0.5) is 0 Å². The Morgan fingerprint density at radius 1 is 1.30 bits per heavy atom. The van der Waals surface area contributed by atoms with Crippen LogP contribution in [0.25, 0.3) is 0 Å². The molecule has 1 unspecified atom stereocenters. The lowest BCUT2D eigenvalue weighted by molar-refractivity contribution is 0.499. The first kappa shape index (κ1) is 17.3. The van der Waals surface area contributed by atoms with Gasteiger partial charge in [0.1, 0.15) is 0 Å².